The SMILES string of the molecule is O=C(Nc1nnc(SCc2nc3ccccc3[nH]c2=O)s1)c1cccc(Cl)c1. The van der Waals surface area contributed by atoms with Crippen LogP contribution in [-0.2, 0) is 5.75 Å². The fourth-order valence-electron chi connectivity index (χ4n) is 2.41. The second-order valence-electron chi connectivity index (χ2n) is 5.66. The lowest BCUT2D eigenvalue weighted by atomic mass is 10.2. The van der Waals surface area contributed by atoms with Crippen LogP contribution in [0.15, 0.2) is 57.7 Å². The van der Waals surface area contributed by atoms with Crippen molar-refractivity contribution in [1.29, 1.82) is 0 Å². The van der Waals surface area contributed by atoms with Crippen LogP contribution >= 0.6 is 34.7 Å². The lowest BCUT2D eigenvalue weighted by Crippen LogP contribution is -2.14. The van der Waals surface area contributed by atoms with Crippen molar-refractivity contribution in [3.63, 3.8) is 0 Å². The predicted molar refractivity (Wildman–Crippen MR) is 111 cm³/mol. The van der Waals surface area contributed by atoms with Gasteiger partial charge in [0.05, 0.1) is 11.0 Å². The maximum atomic E-state index is 12.2. The quantitative estimate of drug-likeness (QED) is 0.367. The van der Waals surface area contributed by atoms with E-state index in [0.29, 0.717) is 37.0 Å². The zero-order valence-corrected chi connectivity index (χ0v) is 16.6. The molecule has 2 heterocycles. The molecule has 0 aliphatic heterocycles. The highest BCUT2D eigenvalue weighted by Gasteiger charge is 2.12. The van der Waals surface area contributed by atoms with Crippen molar-refractivity contribution in [3.8, 4) is 0 Å². The number of benzene rings is 2. The molecule has 4 rings (SSSR count). The Labute approximate surface area is 172 Å². The van der Waals surface area contributed by atoms with Gasteiger partial charge in [0, 0.05) is 16.3 Å². The first-order chi connectivity index (χ1) is 13.6. The number of rotatable bonds is 5. The zero-order valence-electron chi connectivity index (χ0n) is 14.2. The number of carbonyl (C=O) groups excluding carboxylic acids is 1. The highest BCUT2D eigenvalue weighted by atomic mass is 35.5. The summed E-state index contributed by atoms with van der Waals surface area (Å²) in [4.78, 5) is 31.6. The van der Waals surface area contributed by atoms with Gasteiger partial charge in [-0.05, 0) is 30.3 Å². The Hall–Kier alpha value is -2.75. The van der Waals surface area contributed by atoms with Crippen LogP contribution in [0, 0.1) is 0 Å². The Morgan fingerprint density at radius 3 is 2.89 bits per heavy atom. The molecule has 0 radical (unpaired) electrons. The van der Waals surface area contributed by atoms with E-state index in [1.807, 2.05) is 18.2 Å². The number of para-hydroxylation sites is 2. The molecule has 0 aliphatic carbocycles. The van der Waals surface area contributed by atoms with E-state index in [-0.39, 0.29) is 11.5 Å². The molecule has 0 atom stereocenters. The number of halogens is 1. The van der Waals surface area contributed by atoms with E-state index >= 15 is 0 Å². The minimum absolute atomic E-state index is 0.231. The summed E-state index contributed by atoms with van der Waals surface area (Å²) in [5.74, 6) is 0.0275. The van der Waals surface area contributed by atoms with Crippen molar-refractivity contribution in [1.82, 2.24) is 20.2 Å². The highest BCUT2D eigenvalue weighted by Crippen LogP contribution is 2.28. The van der Waals surface area contributed by atoms with Crippen molar-refractivity contribution >= 4 is 56.8 Å². The Bertz CT molecular complexity index is 1220. The van der Waals surface area contributed by atoms with Gasteiger partial charge in [-0.3, -0.25) is 14.9 Å². The molecule has 0 fully saturated rings. The third kappa shape index (κ3) is 4.22. The van der Waals surface area contributed by atoms with Crippen molar-refractivity contribution in [2.45, 2.75) is 10.1 Å². The molecule has 140 valence electrons. The van der Waals surface area contributed by atoms with Crippen molar-refractivity contribution in [3.05, 3.63) is 75.2 Å². The van der Waals surface area contributed by atoms with Crippen LogP contribution < -0.4 is 10.9 Å². The summed E-state index contributed by atoms with van der Waals surface area (Å²) < 4.78 is 0.621. The summed E-state index contributed by atoms with van der Waals surface area (Å²) in [6.07, 6.45) is 0. The van der Waals surface area contributed by atoms with Gasteiger partial charge in [0.2, 0.25) is 5.13 Å². The van der Waals surface area contributed by atoms with E-state index in [2.05, 4.69) is 25.5 Å². The first-order valence-electron chi connectivity index (χ1n) is 8.09. The van der Waals surface area contributed by atoms with Gasteiger partial charge in [0.15, 0.2) is 4.34 Å². The first-order valence-corrected chi connectivity index (χ1v) is 10.3. The van der Waals surface area contributed by atoms with Crippen molar-refractivity contribution in [2.75, 3.05) is 5.32 Å². The van der Waals surface area contributed by atoms with E-state index in [0.717, 1.165) is 5.52 Å². The number of H-pyrrole nitrogens is 1. The predicted octanol–water partition coefficient (Wildman–Crippen LogP) is 3.97. The zero-order chi connectivity index (χ0) is 19.5. The van der Waals surface area contributed by atoms with Gasteiger partial charge in [0.25, 0.3) is 11.5 Å². The number of carbonyl (C=O) groups is 1. The molecule has 0 aliphatic rings. The Kier molecular flexibility index (Phi) is 5.38. The van der Waals surface area contributed by atoms with E-state index in [9.17, 15) is 9.59 Å². The van der Waals surface area contributed by atoms with E-state index in [4.69, 9.17) is 11.6 Å². The van der Waals surface area contributed by atoms with Gasteiger partial charge >= 0.3 is 0 Å². The number of hydrogen-bond donors (Lipinski definition) is 2. The van der Waals surface area contributed by atoms with E-state index < -0.39 is 0 Å². The molecule has 0 bridgehead atoms. The smallest absolute Gasteiger partial charge is 0.271 e. The lowest BCUT2D eigenvalue weighted by molar-refractivity contribution is 0.102. The van der Waals surface area contributed by atoms with Crippen LogP contribution in [0.2, 0.25) is 5.02 Å². The summed E-state index contributed by atoms with van der Waals surface area (Å²) in [5.41, 5.74) is 2.03. The summed E-state index contributed by atoms with van der Waals surface area (Å²) in [6.45, 7) is 0. The average molecular weight is 430 g/mol. The van der Waals surface area contributed by atoms with Crippen molar-refractivity contribution in [2.24, 2.45) is 0 Å². The Morgan fingerprint density at radius 2 is 2.04 bits per heavy atom. The molecule has 0 spiro atoms. The number of hydrogen-bond acceptors (Lipinski definition) is 7. The number of anilines is 1. The first kappa shape index (κ1) is 18.6. The van der Waals surface area contributed by atoms with Gasteiger partial charge in [0.1, 0.15) is 5.69 Å². The van der Waals surface area contributed by atoms with Crippen LogP contribution in [0.3, 0.4) is 0 Å². The Balaban J connectivity index is 1.43. The Morgan fingerprint density at radius 1 is 1.18 bits per heavy atom. The summed E-state index contributed by atoms with van der Waals surface area (Å²) in [6, 6.07) is 14.0. The second kappa shape index (κ2) is 8.09. The molecule has 1 amide bonds. The summed E-state index contributed by atoms with van der Waals surface area (Å²) in [7, 11) is 0. The minimum Gasteiger partial charge on any atom is -0.319 e. The standard InChI is InChI=1S/C18H12ClN5O2S2/c19-11-5-3-4-10(8-11)15(25)22-17-23-24-18(28-17)27-9-14-16(26)21-13-7-2-1-6-12(13)20-14/h1-8H,9H2,(H,21,26)(H,22,23,25). The van der Waals surface area contributed by atoms with E-state index in [1.54, 1.807) is 30.3 Å². The van der Waals surface area contributed by atoms with Crippen LogP contribution in [0.25, 0.3) is 11.0 Å². The average Bonchev–Trinajstić information content (AvgIpc) is 3.13. The molecule has 10 heteroatoms. The molecule has 0 unspecified atom stereocenters. The van der Waals surface area contributed by atoms with Gasteiger partial charge in [-0.1, -0.05) is 52.9 Å². The molecule has 0 saturated carbocycles. The maximum Gasteiger partial charge on any atom is 0.271 e. The van der Waals surface area contributed by atoms with Crippen LogP contribution in [-0.4, -0.2) is 26.1 Å². The number of thioether (sulfide) groups is 1. The number of aromatic nitrogens is 4. The topological polar surface area (TPSA) is 101 Å². The summed E-state index contributed by atoms with van der Waals surface area (Å²) >= 11 is 8.46. The monoisotopic (exact) mass is 429 g/mol. The molecule has 2 N–H and O–H groups in total. The van der Waals surface area contributed by atoms with Gasteiger partial charge < -0.3 is 4.98 Å². The number of nitrogens with one attached hydrogen (secondary N) is 2. The largest absolute Gasteiger partial charge is 0.319 e. The molecule has 4 aromatic rings. The lowest BCUT2D eigenvalue weighted by Gasteiger charge is -2.01. The van der Waals surface area contributed by atoms with Crippen LogP contribution in [0.1, 0.15) is 16.1 Å². The fraction of sp³-hybridized carbons (Fsp3) is 0.0556. The fourth-order valence-corrected chi connectivity index (χ4v) is 4.28. The second-order valence-corrected chi connectivity index (χ2v) is 8.29. The number of amides is 1. The van der Waals surface area contributed by atoms with Crippen molar-refractivity contribution < 1.29 is 4.79 Å². The number of fused-ring (bicyclic) bond motifs is 1. The van der Waals surface area contributed by atoms with Crippen LogP contribution in [0.5, 0.6) is 0 Å². The molecule has 0 saturated heterocycles. The number of nitrogens with zero attached hydrogens (tertiary/aromatic N) is 3. The van der Waals surface area contributed by atoms with Gasteiger partial charge in [-0.15, -0.1) is 10.2 Å². The normalized spacial score (nSPS) is 10.9. The highest BCUT2D eigenvalue weighted by molar-refractivity contribution is 8.00. The van der Waals surface area contributed by atoms with Gasteiger partial charge in [-0.25, -0.2) is 4.98 Å². The molecule has 2 aromatic heterocycles. The molecular formula is C18H12ClN5O2S2. The third-order valence-corrected chi connectivity index (χ3v) is 5.93. The molecule has 7 nitrogen and oxygen atoms in total. The third-order valence-electron chi connectivity index (χ3n) is 3.72. The molecular weight excluding hydrogens is 418 g/mol. The van der Waals surface area contributed by atoms with Crippen LogP contribution in [0.4, 0.5) is 5.13 Å². The van der Waals surface area contributed by atoms with E-state index in [1.165, 1.54) is 23.1 Å². The van der Waals surface area contributed by atoms with Gasteiger partial charge in [-0.2, -0.15) is 0 Å². The number of aromatic amines is 1. The summed E-state index contributed by atoms with van der Waals surface area (Å²) in [5, 5.41) is 11.5. The molecule has 28 heavy (non-hydrogen) atoms. The minimum atomic E-state index is -0.317. The molecule has 2 aromatic carbocycles. The maximum absolute atomic E-state index is 12.2.